The molecule has 28 nitrogen and oxygen atoms in total. The number of hydrogen-bond acceptors (Lipinski definition) is 12. The first-order valence-corrected chi connectivity index (χ1v) is 23.1. The first kappa shape index (κ1) is 70.8. The number of rotatable bonds is 12. The van der Waals surface area contributed by atoms with Crippen molar-refractivity contribution < 1.29 is 259 Å². The Bertz CT molecular complexity index is 986. The monoisotopic (exact) mass is 920 g/mol. The van der Waals surface area contributed by atoms with Crippen LogP contribution in [0.1, 0.15) is 5.71 Å². The van der Waals surface area contributed by atoms with E-state index in [9.17, 15) is 36.5 Å². The summed E-state index contributed by atoms with van der Waals surface area (Å²) in [6.07, 6.45) is 0. The van der Waals surface area contributed by atoms with E-state index in [2.05, 4.69) is 0 Å². The van der Waals surface area contributed by atoms with Gasteiger partial charge in [-0.3, -0.25) is 36.5 Å². The molecule has 0 aliphatic carbocycles. The Morgan fingerprint density at radius 3 is 0.333 bits per heavy atom. The quantitative estimate of drug-likeness (QED) is 0.0638. The van der Waals surface area contributed by atoms with Gasteiger partial charge in [0.25, 0.3) is 0 Å². The zero-order valence-electron chi connectivity index (χ0n) is 28.9. The molecule has 0 fully saturated rings. The molecule has 0 aliphatic rings. The molecule has 0 aromatic heterocycles. The van der Waals surface area contributed by atoms with Crippen LogP contribution in [0, 0.1) is 0 Å². The van der Waals surface area contributed by atoms with Crippen molar-refractivity contribution in [1.82, 2.24) is 0 Å². The van der Waals surface area contributed by atoms with Gasteiger partial charge in [-0.15, -0.1) is 0 Å². The van der Waals surface area contributed by atoms with Gasteiger partial charge in [0, 0.05) is 0 Å². The van der Waals surface area contributed by atoms with Gasteiger partial charge in [-0.2, -0.15) is 0 Å². The molecular formula is C8H36Na4O28P8. The molecule has 40 heteroatoms. The second kappa shape index (κ2) is 28.4. The third kappa shape index (κ3) is 34.3. The fourth-order valence-corrected chi connectivity index (χ4v) is 9.61. The third-order valence-electron chi connectivity index (χ3n) is 3.76. The Morgan fingerprint density at radius 2 is 0.333 bits per heavy atom. The maximum atomic E-state index is 10.3. The van der Waals surface area contributed by atoms with Crippen molar-refractivity contribution in [2.45, 2.75) is 21.6 Å². The summed E-state index contributed by atoms with van der Waals surface area (Å²) in [6, 6.07) is 0. The molecule has 0 aromatic rings. The normalized spacial score (nSPS) is 12.8. The number of hydrogen-bond donors (Lipinski definition) is 20. The van der Waals surface area contributed by atoms with E-state index in [0.717, 1.165) is 0 Å². The van der Waals surface area contributed by atoms with E-state index in [1.165, 1.54) is 0 Å². The van der Waals surface area contributed by atoms with Crippen LogP contribution in [-0.2, 0) is 36.5 Å². The van der Waals surface area contributed by atoms with Gasteiger partial charge >= 0.3 is 179 Å². The average Bonchev–Trinajstić information content (AvgIpc) is 2.61. The molecule has 0 radical (unpaired) electrons. The Hall–Kier alpha value is 5.04. The molecule has 0 bridgehead atoms. The van der Waals surface area contributed by atoms with Gasteiger partial charge in [0.1, 0.15) is 0 Å². The summed E-state index contributed by atoms with van der Waals surface area (Å²) < 4.78 is 82.0. The summed E-state index contributed by atoms with van der Waals surface area (Å²) in [7, 11) is -39.3. The van der Waals surface area contributed by atoms with Gasteiger partial charge in [-0.1, -0.05) is 0 Å². The minimum absolute atomic E-state index is 0. The smallest absolute Gasteiger partial charge is 1.00 e. The molecule has 20 N–H and O–H groups in total. The molecule has 0 spiro atoms. The minimum Gasteiger partial charge on any atom is -1.00 e. The second-order valence-corrected chi connectivity index (χ2v) is 23.4. The van der Waals surface area contributed by atoms with E-state index >= 15 is 0 Å². The Labute approximate surface area is 363 Å². The van der Waals surface area contributed by atoms with E-state index in [-0.39, 0.29) is 124 Å². The van der Waals surface area contributed by atoms with Crippen molar-refractivity contribution in [2.75, 3.05) is 26.4 Å². The van der Waals surface area contributed by atoms with E-state index in [0.29, 0.717) is 0 Å². The molecule has 0 aromatic carbocycles. The molecule has 48 heavy (non-hydrogen) atoms. The SMILES string of the molecule is O=P(O)(O)C(CO)P(=O)(O)O.O=P(O)(O)C(CO)P(=O)(O)O.O=P(O)(O)C(CO)P(=O)(O)O.O=P(O)(O)C(CO)P(=O)(O)O.[H-].[H-].[H-].[H-].[Na+].[Na+].[Na+].[Na+]. The van der Waals surface area contributed by atoms with Crippen LogP contribution in [0.4, 0.5) is 0 Å². The summed E-state index contributed by atoms with van der Waals surface area (Å²) in [5.41, 5.74) is 0. The molecule has 0 unspecified atom stereocenters. The summed E-state index contributed by atoms with van der Waals surface area (Å²) in [5, 5.41) is 23.7. The largest absolute Gasteiger partial charge is 1.00 e. The molecule has 0 atom stereocenters. The molecule has 0 aliphatic heterocycles. The van der Waals surface area contributed by atoms with Crippen molar-refractivity contribution in [1.29, 1.82) is 0 Å². The van der Waals surface area contributed by atoms with Crippen molar-refractivity contribution in [2.24, 2.45) is 0 Å². The fraction of sp³-hybridized carbons (Fsp3) is 1.00. The second-order valence-electron chi connectivity index (χ2n) is 7.37. The van der Waals surface area contributed by atoms with Gasteiger partial charge in [0.05, 0.1) is 26.4 Å². The molecular weight excluding hydrogens is 884 g/mol. The molecule has 0 rings (SSSR count). The topological polar surface area (TPSA) is 541 Å². The first-order valence-electron chi connectivity index (χ1n) is 9.62. The van der Waals surface area contributed by atoms with Crippen molar-refractivity contribution in [3.05, 3.63) is 0 Å². The van der Waals surface area contributed by atoms with Crippen LogP contribution in [0.2, 0.25) is 0 Å². The zero-order chi connectivity index (χ0) is 37.1. The Balaban J connectivity index is -0.0000000390. The fourth-order valence-electron chi connectivity index (χ4n) is 1.63. The first-order chi connectivity index (χ1) is 18.8. The number of aliphatic hydroxyl groups is 4. The van der Waals surface area contributed by atoms with Crippen molar-refractivity contribution in [3.63, 3.8) is 0 Å². The predicted molar refractivity (Wildman–Crippen MR) is 144 cm³/mol. The maximum absolute atomic E-state index is 10.3. The predicted octanol–water partition coefficient (Wildman–Crippen LogP) is -16.9. The molecule has 280 valence electrons. The van der Waals surface area contributed by atoms with Crippen molar-refractivity contribution >= 4 is 60.8 Å². The third-order valence-corrected chi connectivity index (χ3v) is 18.5. The van der Waals surface area contributed by atoms with Crippen LogP contribution in [0.3, 0.4) is 0 Å². The summed E-state index contributed by atoms with van der Waals surface area (Å²) in [4.78, 5) is 132. The van der Waals surface area contributed by atoms with E-state index in [1.807, 2.05) is 0 Å². The summed E-state index contributed by atoms with van der Waals surface area (Å²) in [6.45, 7) is -4.97. The molecule has 0 saturated heterocycles. The zero-order valence-corrected chi connectivity index (χ0v) is 40.1. The summed E-state index contributed by atoms with van der Waals surface area (Å²) in [5.74, 6) is 0. The van der Waals surface area contributed by atoms with E-state index < -0.39 is 109 Å². The molecule has 0 saturated carbocycles. The summed E-state index contributed by atoms with van der Waals surface area (Å²) >= 11 is 0. The van der Waals surface area contributed by atoms with Crippen molar-refractivity contribution in [3.8, 4) is 0 Å². The van der Waals surface area contributed by atoms with Gasteiger partial charge in [-0.25, -0.2) is 0 Å². The Morgan fingerprint density at radius 1 is 0.271 bits per heavy atom. The standard InChI is InChI=1S/4C2H8O7P2.4Na.4H/c4*3-1-2(10(4,5)6)11(7,8)9;;;;;;;;/h4*2-3H,1H2,(H2,4,5,6)(H2,7,8,9);;;;;;;;/q;;;;4*+1;4*-1. The van der Waals surface area contributed by atoms with E-state index in [4.69, 9.17) is 98.7 Å². The number of aliphatic hydroxyl groups excluding tert-OH is 4. The average molecular weight is 920 g/mol. The van der Waals surface area contributed by atoms with Crippen LogP contribution in [0.5, 0.6) is 0 Å². The molecule has 0 heterocycles. The van der Waals surface area contributed by atoms with Crippen LogP contribution in [0.25, 0.3) is 0 Å². The van der Waals surface area contributed by atoms with Crippen LogP contribution >= 0.6 is 60.8 Å². The van der Waals surface area contributed by atoms with Gasteiger partial charge in [-0.05, 0) is 0 Å². The van der Waals surface area contributed by atoms with Crippen LogP contribution in [0.15, 0.2) is 0 Å². The van der Waals surface area contributed by atoms with Gasteiger partial charge in [0.15, 0.2) is 21.6 Å². The van der Waals surface area contributed by atoms with Gasteiger partial charge in [0.2, 0.25) is 0 Å². The van der Waals surface area contributed by atoms with Crippen LogP contribution in [-0.4, -0.2) is 147 Å². The maximum Gasteiger partial charge on any atom is 1.00 e. The Kier molecular flexibility index (Phi) is 42.0. The minimum atomic E-state index is -4.91. The molecule has 0 amide bonds. The van der Waals surface area contributed by atoms with Gasteiger partial charge < -0.3 is 104 Å². The van der Waals surface area contributed by atoms with E-state index in [1.54, 1.807) is 0 Å². The van der Waals surface area contributed by atoms with Crippen LogP contribution < -0.4 is 118 Å².